The van der Waals surface area contributed by atoms with Crippen molar-refractivity contribution in [1.82, 2.24) is 29.9 Å². The molecule has 0 spiro atoms. The van der Waals surface area contributed by atoms with Crippen molar-refractivity contribution < 1.29 is 4.74 Å². The fraction of sp³-hybridized carbons (Fsp3) is 0.824. The number of aliphatic imine (C=N–C) groups is 1. The molecule has 2 aliphatic rings. The standard InChI is InChI=1S/C17H31N7O/c1-3-16-21-20-14-24(16)7-5-19-17(18-2)23-6-4-15(13-23)12-22-8-10-25-11-9-22/h14-15H,3-13H2,1-2H3,(H,18,19). The lowest BCUT2D eigenvalue weighted by Crippen LogP contribution is -2.43. The van der Waals surface area contributed by atoms with Crippen molar-refractivity contribution in [2.45, 2.75) is 26.3 Å². The molecule has 0 aromatic carbocycles. The molecule has 2 aliphatic heterocycles. The highest BCUT2D eigenvalue weighted by atomic mass is 16.5. The highest BCUT2D eigenvalue weighted by Crippen LogP contribution is 2.18. The van der Waals surface area contributed by atoms with Crippen LogP contribution in [-0.4, -0.2) is 90.1 Å². The summed E-state index contributed by atoms with van der Waals surface area (Å²) in [7, 11) is 1.87. The van der Waals surface area contributed by atoms with Gasteiger partial charge in [0.25, 0.3) is 0 Å². The number of nitrogens with zero attached hydrogens (tertiary/aromatic N) is 6. The lowest BCUT2D eigenvalue weighted by Gasteiger charge is -2.29. The third-order valence-electron chi connectivity index (χ3n) is 5.07. The van der Waals surface area contributed by atoms with Crippen LogP contribution in [0.4, 0.5) is 0 Å². The average Bonchev–Trinajstić information content (AvgIpc) is 3.29. The van der Waals surface area contributed by atoms with Crippen LogP contribution >= 0.6 is 0 Å². The van der Waals surface area contributed by atoms with Crippen LogP contribution < -0.4 is 5.32 Å². The molecule has 1 aromatic rings. The molecule has 140 valence electrons. The molecule has 8 heteroatoms. The third kappa shape index (κ3) is 4.92. The quantitative estimate of drug-likeness (QED) is 0.579. The first-order valence-corrected chi connectivity index (χ1v) is 9.42. The molecule has 2 fully saturated rings. The highest BCUT2D eigenvalue weighted by Gasteiger charge is 2.26. The SMILES string of the molecule is CCc1nncn1CCNC(=NC)N1CCC(CN2CCOCC2)C1. The van der Waals surface area contributed by atoms with E-state index in [1.807, 2.05) is 7.05 Å². The van der Waals surface area contributed by atoms with E-state index in [9.17, 15) is 0 Å². The van der Waals surface area contributed by atoms with Crippen LogP contribution in [0.5, 0.6) is 0 Å². The van der Waals surface area contributed by atoms with Gasteiger partial charge < -0.3 is 19.5 Å². The molecule has 0 aliphatic carbocycles. The first-order chi connectivity index (χ1) is 12.3. The van der Waals surface area contributed by atoms with E-state index >= 15 is 0 Å². The summed E-state index contributed by atoms with van der Waals surface area (Å²) in [5.41, 5.74) is 0. The van der Waals surface area contributed by atoms with Gasteiger partial charge in [0.05, 0.1) is 13.2 Å². The minimum Gasteiger partial charge on any atom is -0.379 e. The molecular weight excluding hydrogens is 318 g/mol. The fourth-order valence-electron chi connectivity index (χ4n) is 3.68. The topological polar surface area (TPSA) is 70.8 Å². The molecule has 3 heterocycles. The van der Waals surface area contributed by atoms with Gasteiger partial charge in [0.2, 0.25) is 0 Å². The zero-order chi connectivity index (χ0) is 17.5. The number of aryl methyl sites for hydroxylation is 1. The Kier molecular flexibility index (Phi) is 6.63. The second-order valence-electron chi connectivity index (χ2n) is 6.78. The van der Waals surface area contributed by atoms with Crippen LogP contribution in [0.2, 0.25) is 0 Å². The van der Waals surface area contributed by atoms with Gasteiger partial charge in [-0.25, -0.2) is 0 Å². The molecule has 25 heavy (non-hydrogen) atoms. The number of nitrogens with one attached hydrogen (secondary N) is 1. The maximum absolute atomic E-state index is 5.44. The van der Waals surface area contributed by atoms with Crippen LogP contribution in [0, 0.1) is 5.92 Å². The van der Waals surface area contributed by atoms with E-state index in [1.54, 1.807) is 6.33 Å². The molecule has 1 unspecified atom stereocenters. The van der Waals surface area contributed by atoms with Crippen molar-refractivity contribution in [3.8, 4) is 0 Å². The summed E-state index contributed by atoms with van der Waals surface area (Å²) in [6, 6.07) is 0. The van der Waals surface area contributed by atoms with Gasteiger partial charge in [0.1, 0.15) is 12.2 Å². The Labute approximate surface area is 150 Å². The number of aromatic nitrogens is 3. The molecule has 3 rings (SSSR count). The molecule has 1 N–H and O–H groups in total. The Morgan fingerprint density at radius 3 is 2.96 bits per heavy atom. The van der Waals surface area contributed by atoms with Gasteiger partial charge in [-0.2, -0.15) is 0 Å². The summed E-state index contributed by atoms with van der Waals surface area (Å²) in [6.45, 7) is 11.0. The predicted molar refractivity (Wildman–Crippen MR) is 97.7 cm³/mol. The minimum absolute atomic E-state index is 0.723. The van der Waals surface area contributed by atoms with Gasteiger partial charge in [-0.1, -0.05) is 6.92 Å². The first-order valence-electron chi connectivity index (χ1n) is 9.42. The summed E-state index contributed by atoms with van der Waals surface area (Å²) >= 11 is 0. The van der Waals surface area contributed by atoms with Gasteiger partial charge in [-0.3, -0.25) is 9.89 Å². The normalized spacial score (nSPS) is 22.6. The molecule has 1 aromatic heterocycles. The van der Waals surface area contributed by atoms with Crippen LogP contribution in [-0.2, 0) is 17.7 Å². The van der Waals surface area contributed by atoms with E-state index in [4.69, 9.17) is 4.74 Å². The maximum Gasteiger partial charge on any atom is 0.193 e. The second kappa shape index (κ2) is 9.15. The lowest BCUT2D eigenvalue weighted by molar-refractivity contribution is 0.0315. The number of ether oxygens (including phenoxy) is 1. The van der Waals surface area contributed by atoms with E-state index in [0.29, 0.717) is 0 Å². The van der Waals surface area contributed by atoms with Gasteiger partial charge in [0.15, 0.2) is 5.96 Å². The van der Waals surface area contributed by atoms with Gasteiger partial charge in [0, 0.05) is 59.3 Å². The summed E-state index contributed by atoms with van der Waals surface area (Å²) in [6.07, 6.45) is 3.95. The second-order valence-corrected chi connectivity index (χ2v) is 6.78. The number of likely N-dealkylation sites (tertiary alicyclic amines) is 1. The van der Waals surface area contributed by atoms with Crippen molar-refractivity contribution >= 4 is 5.96 Å². The van der Waals surface area contributed by atoms with E-state index in [1.165, 1.54) is 13.0 Å². The molecule has 2 saturated heterocycles. The maximum atomic E-state index is 5.44. The molecule has 0 bridgehead atoms. The Hall–Kier alpha value is -1.67. The van der Waals surface area contributed by atoms with E-state index in [2.05, 4.69) is 41.8 Å². The van der Waals surface area contributed by atoms with Crippen molar-refractivity contribution in [3.63, 3.8) is 0 Å². The highest BCUT2D eigenvalue weighted by molar-refractivity contribution is 5.80. The van der Waals surface area contributed by atoms with Crippen LogP contribution in [0.3, 0.4) is 0 Å². The average molecular weight is 349 g/mol. The Balaban J connectivity index is 1.42. The Morgan fingerprint density at radius 2 is 2.20 bits per heavy atom. The van der Waals surface area contributed by atoms with Gasteiger partial charge >= 0.3 is 0 Å². The number of hydrogen-bond acceptors (Lipinski definition) is 5. The van der Waals surface area contributed by atoms with Gasteiger partial charge in [-0.15, -0.1) is 10.2 Å². The molecule has 1 atom stereocenters. The van der Waals surface area contributed by atoms with E-state index in [0.717, 1.165) is 76.6 Å². The van der Waals surface area contributed by atoms with Crippen molar-refractivity contribution in [3.05, 3.63) is 12.2 Å². The first kappa shape index (κ1) is 18.1. The van der Waals surface area contributed by atoms with E-state index in [-0.39, 0.29) is 0 Å². The summed E-state index contributed by atoms with van der Waals surface area (Å²) in [4.78, 5) is 9.39. The summed E-state index contributed by atoms with van der Waals surface area (Å²) in [5, 5.41) is 11.6. The zero-order valence-corrected chi connectivity index (χ0v) is 15.5. The Morgan fingerprint density at radius 1 is 1.36 bits per heavy atom. The summed E-state index contributed by atoms with van der Waals surface area (Å²) < 4.78 is 7.54. The molecule has 0 radical (unpaired) electrons. The van der Waals surface area contributed by atoms with Crippen LogP contribution in [0.15, 0.2) is 11.3 Å². The van der Waals surface area contributed by atoms with Gasteiger partial charge in [-0.05, 0) is 12.3 Å². The fourth-order valence-corrected chi connectivity index (χ4v) is 3.68. The lowest BCUT2D eigenvalue weighted by atomic mass is 10.1. The summed E-state index contributed by atoms with van der Waals surface area (Å²) in [5.74, 6) is 2.76. The number of hydrogen-bond donors (Lipinski definition) is 1. The third-order valence-corrected chi connectivity index (χ3v) is 5.07. The zero-order valence-electron chi connectivity index (χ0n) is 15.5. The molecule has 0 amide bonds. The molecular formula is C17H31N7O. The van der Waals surface area contributed by atoms with Crippen molar-refractivity contribution in [2.24, 2.45) is 10.9 Å². The largest absolute Gasteiger partial charge is 0.379 e. The monoisotopic (exact) mass is 349 g/mol. The molecule has 8 nitrogen and oxygen atoms in total. The van der Waals surface area contributed by atoms with Crippen molar-refractivity contribution in [2.75, 3.05) is 59.5 Å². The predicted octanol–water partition coefficient (Wildman–Crippen LogP) is 0.0700. The minimum atomic E-state index is 0.723. The number of morpholine rings is 1. The van der Waals surface area contributed by atoms with Crippen LogP contribution in [0.1, 0.15) is 19.2 Å². The Bertz CT molecular complexity index is 553. The number of guanidine groups is 1. The number of rotatable bonds is 6. The van der Waals surface area contributed by atoms with E-state index < -0.39 is 0 Å². The van der Waals surface area contributed by atoms with Crippen LogP contribution in [0.25, 0.3) is 0 Å². The smallest absolute Gasteiger partial charge is 0.193 e. The van der Waals surface area contributed by atoms with Crippen molar-refractivity contribution in [1.29, 1.82) is 0 Å². The molecule has 0 saturated carbocycles.